The van der Waals surface area contributed by atoms with Crippen molar-refractivity contribution in [2.24, 2.45) is 5.41 Å². The van der Waals surface area contributed by atoms with Gasteiger partial charge in [0.1, 0.15) is 0 Å². The Morgan fingerprint density at radius 2 is 2.20 bits per heavy atom. The molecule has 15 heavy (non-hydrogen) atoms. The molecule has 0 atom stereocenters. The lowest BCUT2D eigenvalue weighted by Gasteiger charge is -2.20. The maximum absolute atomic E-state index is 4.34. The van der Waals surface area contributed by atoms with E-state index in [1.54, 1.807) is 0 Å². The number of nitrogens with zero attached hydrogens (tertiary/aromatic N) is 2. The van der Waals surface area contributed by atoms with E-state index in [1.165, 1.54) is 11.1 Å². The first-order chi connectivity index (χ1) is 7.12. The van der Waals surface area contributed by atoms with E-state index in [9.17, 15) is 0 Å². The molecule has 0 fully saturated rings. The summed E-state index contributed by atoms with van der Waals surface area (Å²) in [6.07, 6.45) is 5.01. The predicted octanol–water partition coefficient (Wildman–Crippen LogP) is 3.30. The smallest absolute Gasteiger partial charge is 0.0693 e. The van der Waals surface area contributed by atoms with Crippen LogP contribution in [0.4, 0.5) is 0 Å². The Bertz CT molecular complexity index is 459. The Kier molecular flexibility index (Phi) is 2.83. The molecule has 80 valence electrons. The second kappa shape index (κ2) is 3.97. The first kappa shape index (κ1) is 10.7. The summed E-state index contributed by atoms with van der Waals surface area (Å²) in [7, 11) is 0. The van der Waals surface area contributed by atoms with Crippen LogP contribution in [0.2, 0.25) is 0 Å². The Morgan fingerprint density at radius 1 is 1.40 bits per heavy atom. The second-order valence-corrected chi connectivity index (χ2v) is 5.24. The van der Waals surface area contributed by atoms with Crippen LogP contribution >= 0.6 is 15.9 Å². The normalized spacial score (nSPS) is 12.2. The summed E-state index contributed by atoms with van der Waals surface area (Å²) < 4.78 is 1.93. The highest BCUT2D eigenvalue weighted by atomic mass is 79.9. The van der Waals surface area contributed by atoms with Gasteiger partial charge in [0.15, 0.2) is 0 Å². The summed E-state index contributed by atoms with van der Waals surface area (Å²) in [5.41, 5.74) is 2.81. The summed E-state index contributed by atoms with van der Waals surface area (Å²) in [5.74, 6) is 0. The molecule has 0 bridgehead atoms. The maximum atomic E-state index is 4.34. The number of pyridine rings is 1. The highest BCUT2D eigenvalue weighted by Crippen LogP contribution is 2.26. The quantitative estimate of drug-likeness (QED) is 0.780. The molecule has 0 amide bonds. The van der Waals surface area contributed by atoms with Crippen LogP contribution in [0.5, 0.6) is 0 Å². The van der Waals surface area contributed by atoms with Gasteiger partial charge in [0.05, 0.1) is 11.7 Å². The molecule has 2 rings (SSSR count). The average molecular weight is 267 g/mol. The fourth-order valence-electron chi connectivity index (χ4n) is 1.69. The summed E-state index contributed by atoms with van der Waals surface area (Å²) in [5, 5.41) is 5.34. The number of alkyl halides is 1. The van der Waals surface area contributed by atoms with Gasteiger partial charge < -0.3 is 0 Å². The molecule has 0 radical (unpaired) electrons. The zero-order valence-corrected chi connectivity index (χ0v) is 10.7. The third kappa shape index (κ3) is 2.23. The highest BCUT2D eigenvalue weighted by Gasteiger charge is 2.18. The fourth-order valence-corrected chi connectivity index (χ4v) is 1.88. The molecule has 0 aliphatic heterocycles. The van der Waals surface area contributed by atoms with E-state index >= 15 is 0 Å². The zero-order chi connectivity index (χ0) is 10.9. The topological polar surface area (TPSA) is 17.3 Å². The van der Waals surface area contributed by atoms with Gasteiger partial charge in [-0.05, 0) is 29.5 Å². The molecule has 2 nitrogen and oxygen atoms in total. The van der Waals surface area contributed by atoms with E-state index in [0.29, 0.717) is 0 Å². The minimum absolute atomic E-state index is 0.277. The largest absolute Gasteiger partial charge is 0.241 e. The Morgan fingerprint density at radius 3 is 2.93 bits per heavy atom. The molecule has 3 heteroatoms. The van der Waals surface area contributed by atoms with Crippen LogP contribution in [0.1, 0.15) is 19.4 Å². The molecule has 0 aromatic carbocycles. The van der Waals surface area contributed by atoms with Gasteiger partial charge in [-0.25, -0.2) is 4.52 Å². The predicted molar refractivity (Wildman–Crippen MR) is 66.5 cm³/mol. The van der Waals surface area contributed by atoms with Crippen LogP contribution in [-0.4, -0.2) is 14.9 Å². The fraction of sp³-hybridized carbons (Fsp3) is 0.417. The van der Waals surface area contributed by atoms with Crippen LogP contribution in [0.15, 0.2) is 30.6 Å². The molecular weight excluding hydrogens is 252 g/mol. The standard InChI is InChI=1S/C12H15BrN2/c1-12(2,9-13)7-10-8-14-15-6-4-3-5-11(10)15/h3-6,8H,7,9H2,1-2H3. The molecule has 2 aromatic heterocycles. The number of fused-ring (bicyclic) bond motifs is 1. The van der Waals surface area contributed by atoms with Gasteiger partial charge >= 0.3 is 0 Å². The van der Waals surface area contributed by atoms with Crippen LogP contribution in [0.25, 0.3) is 5.52 Å². The van der Waals surface area contributed by atoms with Crippen molar-refractivity contribution in [2.75, 3.05) is 5.33 Å². The Hall–Kier alpha value is -0.830. The molecule has 0 spiro atoms. The number of hydrogen-bond acceptors (Lipinski definition) is 1. The van der Waals surface area contributed by atoms with Gasteiger partial charge in [0, 0.05) is 11.5 Å². The van der Waals surface area contributed by atoms with Crippen molar-refractivity contribution in [3.63, 3.8) is 0 Å². The molecule has 2 aromatic rings. The minimum Gasteiger partial charge on any atom is -0.241 e. The van der Waals surface area contributed by atoms with E-state index in [2.05, 4.69) is 47.0 Å². The number of hydrogen-bond donors (Lipinski definition) is 0. The van der Waals surface area contributed by atoms with Gasteiger partial charge in [-0.3, -0.25) is 0 Å². The molecule has 0 aliphatic rings. The van der Waals surface area contributed by atoms with E-state index < -0.39 is 0 Å². The highest BCUT2D eigenvalue weighted by molar-refractivity contribution is 9.09. The summed E-state index contributed by atoms with van der Waals surface area (Å²) >= 11 is 3.55. The first-order valence-electron chi connectivity index (χ1n) is 5.10. The van der Waals surface area contributed by atoms with E-state index in [4.69, 9.17) is 0 Å². The van der Waals surface area contributed by atoms with Gasteiger partial charge in [0.25, 0.3) is 0 Å². The molecule has 0 aliphatic carbocycles. The zero-order valence-electron chi connectivity index (χ0n) is 9.07. The van der Waals surface area contributed by atoms with Crippen molar-refractivity contribution in [2.45, 2.75) is 20.3 Å². The number of rotatable bonds is 3. The lowest BCUT2D eigenvalue weighted by Crippen LogP contribution is -2.16. The van der Waals surface area contributed by atoms with Crippen molar-refractivity contribution in [1.82, 2.24) is 9.61 Å². The van der Waals surface area contributed by atoms with Crippen molar-refractivity contribution < 1.29 is 0 Å². The van der Waals surface area contributed by atoms with Crippen LogP contribution in [0.3, 0.4) is 0 Å². The molecule has 0 unspecified atom stereocenters. The van der Waals surface area contributed by atoms with E-state index in [1.807, 2.05) is 23.0 Å². The maximum Gasteiger partial charge on any atom is 0.0693 e. The SMILES string of the molecule is CC(C)(CBr)Cc1cnn2ccccc12. The third-order valence-corrected chi connectivity index (χ3v) is 4.05. The third-order valence-electron chi connectivity index (χ3n) is 2.54. The van der Waals surface area contributed by atoms with Crippen molar-refractivity contribution >= 4 is 21.4 Å². The van der Waals surface area contributed by atoms with Crippen LogP contribution < -0.4 is 0 Å². The Labute approximate surface area is 98.4 Å². The molecule has 0 saturated heterocycles. The molecule has 0 saturated carbocycles. The summed E-state index contributed by atoms with van der Waals surface area (Å²) in [6.45, 7) is 4.52. The van der Waals surface area contributed by atoms with Gasteiger partial charge in [-0.15, -0.1) is 0 Å². The average Bonchev–Trinajstić information content (AvgIpc) is 2.62. The number of aromatic nitrogens is 2. The van der Waals surface area contributed by atoms with E-state index in [-0.39, 0.29) is 5.41 Å². The van der Waals surface area contributed by atoms with Crippen LogP contribution in [-0.2, 0) is 6.42 Å². The molecule has 2 heterocycles. The second-order valence-electron chi connectivity index (χ2n) is 4.67. The minimum atomic E-state index is 0.277. The van der Waals surface area contributed by atoms with Crippen molar-refractivity contribution in [3.8, 4) is 0 Å². The molecular formula is C12H15BrN2. The number of halogens is 1. The summed E-state index contributed by atoms with van der Waals surface area (Å²) in [4.78, 5) is 0. The monoisotopic (exact) mass is 266 g/mol. The van der Waals surface area contributed by atoms with Crippen molar-refractivity contribution in [3.05, 3.63) is 36.2 Å². The van der Waals surface area contributed by atoms with Crippen LogP contribution in [0, 0.1) is 5.41 Å². The van der Waals surface area contributed by atoms with Gasteiger partial charge in [0.2, 0.25) is 0 Å². The lowest BCUT2D eigenvalue weighted by molar-refractivity contribution is 0.426. The molecule has 0 N–H and O–H groups in total. The Balaban J connectivity index is 2.37. The first-order valence-corrected chi connectivity index (χ1v) is 6.22. The van der Waals surface area contributed by atoms with Gasteiger partial charge in [-0.2, -0.15) is 5.10 Å². The van der Waals surface area contributed by atoms with E-state index in [0.717, 1.165) is 11.8 Å². The summed E-state index contributed by atoms with van der Waals surface area (Å²) in [6, 6.07) is 6.17. The van der Waals surface area contributed by atoms with Gasteiger partial charge in [-0.1, -0.05) is 35.8 Å². The lowest BCUT2D eigenvalue weighted by atomic mass is 9.88. The van der Waals surface area contributed by atoms with Crippen molar-refractivity contribution in [1.29, 1.82) is 0 Å².